The van der Waals surface area contributed by atoms with Crippen molar-refractivity contribution in [3.05, 3.63) is 65.0 Å². The molecule has 0 bridgehead atoms. The normalized spacial score (nSPS) is 30.2. The molecule has 4 N–H and O–H groups in total. The molecule has 15 nitrogen and oxygen atoms in total. The van der Waals surface area contributed by atoms with E-state index >= 15 is 0 Å². The van der Waals surface area contributed by atoms with E-state index in [4.69, 9.17) is 33.2 Å². The van der Waals surface area contributed by atoms with Gasteiger partial charge in [-0.05, 0) is 43.9 Å². The summed E-state index contributed by atoms with van der Waals surface area (Å²) in [5, 5.41) is 43.0. The number of carbonyl (C=O) groups excluding carboxylic acids is 2. The van der Waals surface area contributed by atoms with Crippen LogP contribution >= 0.6 is 0 Å². The van der Waals surface area contributed by atoms with Gasteiger partial charge in [0.1, 0.15) is 79.2 Å². The number of quaternary nitrogens is 1. The van der Waals surface area contributed by atoms with Crippen molar-refractivity contribution in [1.29, 1.82) is 0 Å². The van der Waals surface area contributed by atoms with E-state index in [0.29, 0.717) is 36.1 Å². The highest BCUT2D eigenvalue weighted by molar-refractivity contribution is 6.06. The van der Waals surface area contributed by atoms with Gasteiger partial charge < -0.3 is 58.4 Å². The second-order valence-electron chi connectivity index (χ2n) is 14.0. The molecular weight excluding hydrogens is 680 g/mol. The van der Waals surface area contributed by atoms with Crippen molar-refractivity contribution in [2.24, 2.45) is 4.99 Å². The largest absolute Gasteiger partial charge is 0.550 e. The standard InChI is InChI=1S/C37H40N2O13/c1-46-23-6-5-21-29-35(51-33(21)34(23)47-2)28-19(15-39-14-18-7-10-38-22(18)16-39)11-20(12-24(28)52-37(29)8-3-4-9-37)49-36-32(45)31(44)30(43)25(50-36)17-48-27(42)13-26(40)41/h5-7,10-12,14,25,29-32,35-36,43-45H,3-4,8-9,13,15-17H2,1-2H3,(H,40,41)/t25-,29+,30-,31+,32-,35-,36+/m1/s1. The molecule has 2 aromatic rings. The Balaban J connectivity index is 1.16. The van der Waals surface area contributed by atoms with E-state index in [1.807, 2.05) is 24.3 Å². The molecule has 15 heteroatoms. The zero-order valence-corrected chi connectivity index (χ0v) is 28.6. The van der Waals surface area contributed by atoms with Crippen molar-refractivity contribution in [2.45, 2.75) is 87.0 Å². The van der Waals surface area contributed by atoms with Crippen LogP contribution in [-0.4, -0.2) is 96.6 Å². The minimum atomic E-state index is -1.73. The van der Waals surface area contributed by atoms with E-state index in [2.05, 4.69) is 11.2 Å². The fourth-order valence-electron chi connectivity index (χ4n) is 8.50. The van der Waals surface area contributed by atoms with Crippen molar-refractivity contribution in [1.82, 2.24) is 0 Å². The number of ether oxygens (including phenoxy) is 7. The van der Waals surface area contributed by atoms with E-state index in [1.165, 1.54) is 0 Å². The highest BCUT2D eigenvalue weighted by atomic mass is 16.7. The van der Waals surface area contributed by atoms with Crippen LogP contribution in [0.2, 0.25) is 0 Å². The number of rotatable bonds is 10. The Hall–Kier alpha value is -4.67. The number of carboxylic acid groups (broad SMARTS) is 1. The number of carbonyl (C=O) groups is 2. The number of aliphatic hydroxyl groups excluding tert-OH is 3. The predicted molar refractivity (Wildman–Crippen MR) is 176 cm³/mol. The molecule has 8 rings (SSSR count). The summed E-state index contributed by atoms with van der Waals surface area (Å²) in [7, 11) is 3.18. The monoisotopic (exact) mass is 720 g/mol. The first-order valence-corrected chi connectivity index (χ1v) is 17.4. The van der Waals surface area contributed by atoms with Crippen molar-refractivity contribution >= 4 is 17.7 Å². The Labute approximate surface area is 298 Å². The van der Waals surface area contributed by atoms with Crippen LogP contribution in [0, 0.1) is 0 Å². The summed E-state index contributed by atoms with van der Waals surface area (Å²) in [6.45, 7) is 0.570. The summed E-state index contributed by atoms with van der Waals surface area (Å²) in [4.78, 5) is 28.3. The molecule has 1 spiro atoms. The molecule has 276 valence electrons. The molecule has 52 heavy (non-hydrogen) atoms. The fraction of sp³-hybridized carbons (Fsp3) is 0.486. The quantitative estimate of drug-likeness (QED) is 0.185. The third kappa shape index (κ3) is 5.86. The molecule has 5 heterocycles. The summed E-state index contributed by atoms with van der Waals surface area (Å²) in [6, 6.07) is 7.48. The Morgan fingerprint density at radius 2 is 1.88 bits per heavy atom. The molecule has 0 aromatic heterocycles. The predicted octanol–water partition coefficient (Wildman–Crippen LogP) is -0.253. The lowest BCUT2D eigenvalue weighted by Crippen LogP contribution is -3.05. The molecule has 6 aliphatic rings. The molecule has 5 aliphatic heterocycles. The average molecular weight is 721 g/mol. The van der Waals surface area contributed by atoms with Gasteiger partial charge in [0.2, 0.25) is 12.0 Å². The highest BCUT2D eigenvalue weighted by Crippen LogP contribution is 2.64. The SMILES string of the molecule is COc1ccc2c(c1OC)O[C@@H]1c3c(C[NH+]4C=C5C=CN=C5C4)cc(O[C@H]4O[C@H](COC(=O)CC(=O)[O-])[C@@H](O)[C@H](O)[C@H]4O)cc3OC3(CCCC3)[C@@H]21. The summed E-state index contributed by atoms with van der Waals surface area (Å²) in [5.41, 5.74) is 4.17. The summed E-state index contributed by atoms with van der Waals surface area (Å²) < 4.78 is 42.4. The minimum Gasteiger partial charge on any atom is -0.550 e. The van der Waals surface area contributed by atoms with Gasteiger partial charge >= 0.3 is 5.97 Å². The van der Waals surface area contributed by atoms with Gasteiger partial charge in [0.15, 0.2) is 11.5 Å². The Bertz CT molecular complexity index is 1870. The van der Waals surface area contributed by atoms with Gasteiger partial charge in [-0.25, -0.2) is 0 Å². The van der Waals surface area contributed by atoms with Gasteiger partial charge in [0.05, 0.1) is 38.1 Å². The van der Waals surface area contributed by atoms with Crippen LogP contribution in [0.15, 0.2) is 53.3 Å². The topological polar surface area (TPSA) is 199 Å². The molecular formula is C37H40N2O13. The Morgan fingerprint density at radius 1 is 1.08 bits per heavy atom. The smallest absolute Gasteiger partial charge is 0.311 e. The van der Waals surface area contributed by atoms with Crippen LogP contribution in [0.3, 0.4) is 0 Å². The molecule has 1 aliphatic carbocycles. The average Bonchev–Trinajstić information content (AvgIpc) is 3.91. The van der Waals surface area contributed by atoms with Gasteiger partial charge in [0.25, 0.3) is 0 Å². The van der Waals surface area contributed by atoms with Gasteiger partial charge in [-0.2, -0.15) is 0 Å². The third-order valence-corrected chi connectivity index (χ3v) is 10.8. The third-order valence-electron chi connectivity index (χ3n) is 10.8. The second-order valence-corrected chi connectivity index (χ2v) is 14.0. The van der Waals surface area contributed by atoms with Gasteiger partial charge in [-0.1, -0.05) is 6.07 Å². The number of hydrogen-bond acceptors (Lipinski definition) is 14. The van der Waals surface area contributed by atoms with Gasteiger partial charge in [-0.3, -0.25) is 14.7 Å². The number of esters is 1. The maximum absolute atomic E-state index is 11.8. The second kappa shape index (κ2) is 13.4. The van der Waals surface area contributed by atoms with Gasteiger partial charge in [0, 0.05) is 29.0 Å². The number of benzene rings is 2. The summed E-state index contributed by atoms with van der Waals surface area (Å²) >= 11 is 0. The van der Waals surface area contributed by atoms with Crippen molar-refractivity contribution in [3.63, 3.8) is 0 Å². The number of aliphatic carboxylic acids is 1. The molecule has 2 fully saturated rings. The molecule has 0 amide bonds. The molecule has 8 atom stereocenters. The lowest BCUT2D eigenvalue weighted by Gasteiger charge is -2.44. The van der Waals surface area contributed by atoms with Crippen LogP contribution in [0.25, 0.3) is 0 Å². The lowest BCUT2D eigenvalue weighted by molar-refractivity contribution is -0.848. The van der Waals surface area contributed by atoms with E-state index < -0.39 is 67.4 Å². The van der Waals surface area contributed by atoms with E-state index in [1.54, 1.807) is 26.5 Å². The van der Waals surface area contributed by atoms with Crippen LogP contribution in [0.1, 0.15) is 60.8 Å². The van der Waals surface area contributed by atoms with E-state index in [0.717, 1.165) is 58.6 Å². The fourth-order valence-corrected chi connectivity index (χ4v) is 8.50. The van der Waals surface area contributed by atoms with Crippen LogP contribution < -0.4 is 33.7 Å². The number of nitrogens with zero attached hydrogens (tertiary/aromatic N) is 1. The molecule has 1 unspecified atom stereocenters. The maximum Gasteiger partial charge on any atom is 0.311 e. The molecule has 1 saturated carbocycles. The molecule has 2 aromatic carbocycles. The first kappa shape index (κ1) is 34.4. The summed E-state index contributed by atoms with van der Waals surface area (Å²) in [6.07, 6.45) is 0.0889. The van der Waals surface area contributed by atoms with Crippen LogP contribution in [0.5, 0.6) is 28.7 Å². The van der Waals surface area contributed by atoms with Crippen molar-refractivity contribution in [3.8, 4) is 28.7 Å². The van der Waals surface area contributed by atoms with E-state index in [9.17, 15) is 30.0 Å². The van der Waals surface area contributed by atoms with Crippen LogP contribution in [0.4, 0.5) is 0 Å². The van der Waals surface area contributed by atoms with Crippen LogP contribution in [-0.2, 0) is 25.6 Å². The van der Waals surface area contributed by atoms with Crippen molar-refractivity contribution in [2.75, 3.05) is 27.4 Å². The summed E-state index contributed by atoms with van der Waals surface area (Å²) in [5.74, 6) is -0.368. The number of aliphatic imine (C=N–C) groups is 1. The van der Waals surface area contributed by atoms with Gasteiger partial charge in [-0.15, -0.1) is 0 Å². The first-order chi connectivity index (χ1) is 25.1. The number of fused-ring (bicyclic) bond motifs is 7. The minimum absolute atomic E-state index is 0.137. The number of hydrogen-bond donors (Lipinski definition) is 4. The molecule has 0 radical (unpaired) electrons. The number of methoxy groups -OCH3 is 2. The Morgan fingerprint density at radius 3 is 2.62 bits per heavy atom. The number of carboxylic acids is 1. The zero-order valence-electron chi connectivity index (χ0n) is 28.6. The molecule has 1 saturated heterocycles. The Kier molecular flexibility index (Phi) is 8.86. The first-order valence-electron chi connectivity index (χ1n) is 17.4. The van der Waals surface area contributed by atoms with Crippen molar-refractivity contribution < 1.29 is 68.1 Å². The highest BCUT2D eigenvalue weighted by Gasteiger charge is 2.58. The zero-order chi connectivity index (χ0) is 36.3. The van der Waals surface area contributed by atoms with E-state index in [-0.39, 0.29) is 11.7 Å². The number of allylic oxidation sites excluding steroid dienone is 1. The maximum atomic E-state index is 11.8. The number of nitrogens with one attached hydrogen (secondary N) is 1. The lowest BCUT2D eigenvalue weighted by atomic mass is 9.73. The number of aliphatic hydroxyl groups is 3.